The summed E-state index contributed by atoms with van der Waals surface area (Å²) in [7, 11) is 3.76. The maximum absolute atomic E-state index is 5.63. The van der Waals surface area contributed by atoms with Gasteiger partial charge in [-0.05, 0) is 19.1 Å². The van der Waals surface area contributed by atoms with Gasteiger partial charge in [-0.3, -0.25) is 4.57 Å². The summed E-state index contributed by atoms with van der Waals surface area (Å²) in [5, 5.41) is 6.28. The molecule has 1 aromatic heterocycles. The van der Waals surface area contributed by atoms with Crippen LogP contribution < -0.4 is 4.74 Å². The fraction of sp³-hybridized carbons (Fsp3) is 0.200. The number of imidazole rings is 1. The maximum Gasteiger partial charge on any atom is 0.169 e. The second-order valence-corrected chi connectivity index (χ2v) is 4.32. The lowest BCUT2D eigenvalue weighted by molar-refractivity contribution is 0.434. The minimum Gasteiger partial charge on any atom is -0.465 e. The van der Waals surface area contributed by atoms with Crippen molar-refractivity contribution < 1.29 is 4.74 Å². The van der Waals surface area contributed by atoms with Crippen LogP contribution in [0.25, 0.3) is 0 Å². The third kappa shape index (κ3) is 3.26. The standard InChI is InChI=1S/C15H18N4O/c1-4-11-20-14-8-6-5-7-13(14)15(17-18(2)3)19-10-9-16-12-19/h4-12H,1-3H3/b11-4-,17-15?. The molecular formula is C15H18N4O. The molecule has 0 amide bonds. The molecule has 2 rings (SSSR count). The summed E-state index contributed by atoms with van der Waals surface area (Å²) in [5.74, 6) is 1.51. The molecule has 0 radical (unpaired) electrons. The van der Waals surface area contributed by atoms with Crippen molar-refractivity contribution in [1.29, 1.82) is 0 Å². The van der Waals surface area contributed by atoms with Gasteiger partial charge in [0.25, 0.3) is 0 Å². The van der Waals surface area contributed by atoms with Gasteiger partial charge in [-0.15, -0.1) is 0 Å². The van der Waals surface area contributed by atoms with Gasteiger partial charge in [0.15, 0.2) is 5.84 Å². The number of ether oxygens (including phenoxy) is 1. The second kappa shape index (κ2) is 6.56. The molecule has 0 aliphatic heterocycles. The molecule has 0 saturated carbocycles. The van der Waals surface area contributed by atoms with Crippen molar-refractivity contribution in [3.8, 4) is 5.75 Å². The molecule has 0 N–H and O–H groups in total. The highest BCUT2D eigenvalue weighted by atomic mass is 16.5. The molecule has 104 valence electrons. The first-order chi connectivity index (χ1) is 9.72. The summed E-state index contributed by atoms with van der Waals surface area (Å²) in [6.45, 7) is 1.91. The summed E-state index contributed by atoms with van der Waals surface area (Å²) in [4.78, 5) is 4.08. The van der Waals surface area contributed by atoms with Crippen LogP contribution in [0, 0.1) is 0 Å². The molecule has 0 unspecified atom stereocenters. The third-order valence-corrected chi connectivity index (χ3v) is 2.50. The number of hydrazone groups is 1. The van der Waals surface area contributed by atoms with E-state index in [-0.39, 0.29) is 0 Å². The van der Waals surface area contributed by atoms with E-state index >= 15 is 0 Å². The Bertz CT molecular complexity index is 600. The van der Waals surface area contributed by atoms with Crippen LogP contribution in [0.2, 0.25) is 0 Å². The third-order valence-electron chi connectivity index (χ3n) is 2.50. The molecule has 0 aliphatic carbocycles. The van der Waals surface area contributed by atoms with E-state index in [0.717, 1.165) is 17.1 Å². The van der Waals surface area contributed by atoms with Gasteiger partial charge in [0.1, 0.15) is 12.1 Å². The van der Waals surface area contributed by atoms with Crippen LogP contribution in [-0.4, -0.2) is 34.5 Å². The Morgan fingerprint density at radius 3 is 2.80 bits per heavy atom. The zero-order valence-corrected chi connectivity index (χ0v) is 11.9. The first-order valence-corrected chi connectivity index (χ1v) is 6.34. The Kier molecular flexibility index (Phi) is 4.55. The van der Waals surface area contributed by atoms with E-state index in [9.17, 15) is 0 Å². The van der Waals surface area contributed by atoms with Gasteiger partial charge in [0, 0.05) is 26.5 Å². The largest absolute Gasteiger partial charge is 0.465 e. The molecular weight excluding hydrogens is 252 g/mol. The number of hydrogen-bond donors (Lipinski definition) is 0. The summed E-state index contributed by atoms with van der Waals surface area (Å²) < 4.78 is 7.49. The van der Waals surface area contributed by atoms with Crippen LogP contribution in [0.1, 0.15) is 12.5 Å². The number of aromatic nitrogens is 2. The number of allylic oxidation sites excluding steroid dienone is 1. The molecule has 1 heterocycles. The molecule has 0 fully saturated rings. The molecule has 0 bridgehead atoms. The zero-order chi connectivity index (χ0) is 14.4. The lowest BCUT2D eigenvalue weighted by Gasteiger charge is -2.14. The Hall–Kier alpha value is -2.56. The molecule has 5 heteroatoms. The number of para-hydroxylation sites is 1. The highest BCUT2D eigenvalue weighted by Gasteiger charge is 2.12. The number of rotatable bonds is 4. The summed E-state index contributed by atoms with van der Waals surface area (Å²) in [5.41, 5.74) is 0.900. The van der Waals surface area contributed by atoms with Crippen LogP contribution in [0.3, 0.4) is 0 Å². The molecule has 2 aromatic rings. The van der Waals surface area contributed by atoms with Gasteiger partial charge >= 0.3 is 0 Å². The van der Waals surface area contributed by atoms with Crippen LogP contribution in [-0.2, 0) is 0 Å². The van der Waals surface area contributed by atoms with Crippen LogP contribution >= 0.6 is 0 Å². The van der Waals surface area contributed by atoms with Gasteiger partial charge < -0.3 is 9.75 Å². The van der Waals surface area contributed by atoms with Gasteiger partial charge in [0.2, 0.25) is 0 Å². The predicted molar refractivity (Wildman–Crippen MR) is 79.7 cm³/mol. The van der Waals surface area contributed by atoms with Crippen molar-refractivity contribution in [1.82, 2.24) is 14.6 Å². The van der Waals surface area contributed by atoms with Gasteiger partial charge in [-0.25, -0.2) is 4.98 Å². The van der Waals surface area contributed by atoms with Gasteiger partial charge in [-0.1, -0.05) is 18.2 Å². The van der Waals surface area contributed by atoms with Crippen LogP contribution in [0.15, 0.2) is 60.4 Å². The Balaban J connectivity index is 2.50. The highest BCUT2D eigenvalue weighted by molar-refractivity contribution is 6.02. The molecule has 5 nitrogen and oxygen atoms in total. The SMILES string of the molecule is C/C=C\Oc1ccccc1C(=NN(C)C)n1ccnc1. The summed E-state index contributed by atoms with van der Waals surface area (Å²) in [6.07, 6.45) is 8.79. The fourth-order valence-corrected chi connectivity index (χ4v) is 1.71. The summed E-state index contributed by atoms with van der Waals surface area (Å²) in [6, 6.07) is 7.78. The van der Waals surface area contributed by atoms with E-state index in [1.807, 2.05) is 62.1 Å². The van der Waals surface area contributed by atoms with E-state index in [1.54, 1.807) is 23.8 Å². The van der Waals surface area contributed by atoms with Gasteiger partial charge in [0.05, 0.1) is 11.8 Å². The molecule has 1 aromatic carbocycles. The number of nitrogens with zero attached hydrogens (tertiary/aromatic N) is 4. The fourth-order valence-electron chi connectivity index (χ4n) is 1.71. The first kappa shape index (κ1) is 13.9. The normalized spacial score (nSPS) is 11.8. The first-order valence-electron chi connectivity index (χ1n) is 6.34. The summed E-state index contributed by atoms with van der Waals surface area (Å²) >= 11 is 0. The molecule has 0 aliphatic rings. The lowest BCUT2D eigenvalue weighted by Crippen LogP contribution is -2.17. The molecule has 0 spiro atoms. The van der Waals surface area contributed by atoms with Gasteiger partial charge in [-0.2, -0.15) is 5.10 Å². The Morgan fingerprint density at radius 2 is 2.15 bits per heavy atom. The van der Waals surface area contributed by atoms with Crippen LogP contribution in [0.5, 0.6) is 5.75 Å². The maximum atomic E-state index is 5.63. The minimum atomic E-state index is 0.750. The Morgan fingerprint density at radius 1 is 1.35 bits per heavy atom. The molecule has 20 heavy (non-hydrogen) atoms. The van der Waals surface area contributed by atoms with Crippen molar-refractivity contribution in [2.24, 2.45) is 5.10 Å². The van der Waals surface area contributed by atoms with Crippen LogP contribution in [0.4, 0.5) is 0 Å². The van der Waals surface area contributed by atoms with E-state index < -0.39 is 0 Å². The second-order valence-electron chi connectivity index (χ2n) is 4.32. The monoisotopic (exact) mass is 270 g/mol. The number of hydrogen-bond acceptors (Lipinski definition) is 4. The van der Waals surface area contributed by atoms with Crippen molar-refractivity contribution in [2.45, 2.75) is 6.92 Å². The lowest BCUT2D eigenvalue weighted by atomic mass is 10.2. The average molecular weight is 270 g/mol. The average Bonchev–Trinajstić information content (AvgIpc) is 2.97. The minimum absolute atomic E-state index is 0.750. The Labute approximate surface area is 118 Å². The predicted octanol–water partition coefficient (Wildman–Crippen LogP) is 2.57. The highest BCUT2D eigenvalue weighted by Crippen LogP contribution is 2.20. The van der Waals surface area contributed by atoms with Crippen molar-refractivity contribution in [3.05, 3.63) is 60.9 Å². The van der Waals surface area contributed by atoms with E-state index in [1.165, 1.54) is 0 Å². The zero-order valence-electron chi connectivity index (χ0n) is 11.9. The van der Waals surface area contributed by atoms with E-state index in [4.69, 9.17) is 4.74 Å². The quantitative estimate of drug-likeness (QED) is 0.371. The van der Waals surface area contributed by atoms with Crippen molar-refractivity contribution in [2.75, 3.05) is 14.1 Å². The van der Waals surface area contributed by atoms with E-state index in [0.29, 0.717) is 0 Å². The number of benzene rings is 1. The van der Waals surface area contributed by atoms with Crippen molar-refractivity contribution >= 4 is 5.84 Å². The van der Waals surface area contributed by atoms with Crippen molar-refractivity contribution in [3.63, 3.8) is 0 Å². The smallest absolute Gasteiger partial charge is 0.169 e. The molecule has 0 saturated heterocycles. The molecule has 0 atom stereocenters. The van der Waals surface area contributed by atoms with E-state index in [2.05, 4.69) is 10.1 Å². The topological polar surface area (TPSA) is 42.6 Å².